The summed E-state index contributed by atoms with van der Waals surface area (Å²) >= 11 is 2.50. The van der Waals surface area contributed by atoms with E-state index in [0.29, 0.717) is 18.0 Å². The Labute approximate surface area is 175 Å². The van der Waals surface area contributed by atoms with Crippen molar-refractivity contribution in [1.29, 1.82) is 0 Å². The molecule has 1 aromatic carbocycles. The molecular weight excluding hydrogens is 481 g/mol. The number of halogens is 1. The van der Waals surface area contributed by atoms with E-state index >= 15 is 0 Å². The van der Waals surface area contributed by atoms with E-state index in [2.05, 4.69) is 49.4 Å². The van der Waals surface area contributed by atoms with Crippen molar-refractivity contribution < 1.29 is 4.55 Å². The number of thioether (sulfide) groups is 1. The molecule has 26 heavy (non-hydrogen) atoms. The number of aromatic amines is 1. The lowest BCUT2D eigenvalue weighted by molar-refractivity contribution is 0.510. The van der Waals surface area contributed by atoms with E-state index in [0.717, 1.165) is 14.8 Å². The van der Waals surface area contributed by atoms with Crippen molar-refractivity contribution in [2.75, 3.05) is 6.26 Å². The van der Waals surface area contributed by atoms with E-state index in [1.165, 1.54) is 17.8 Å². The molecule has 5 nitrogen and oxygen atoms in total. The van der Waals surface area contributed by atoms with Gasteiger partial charge >= 0.3 is 0 Å². The number of benzene rings is 1. The predicted molar refractivity (Wildman–Crippen MR) is 118 cm³/mol. The van der Waals surface area contributed by atoms with Gasteiger partial charge in [0, 0.05) is 26.7 Å². The first-order chi connectivity index (χ1) is 12.2. The summed E-state index contributed by atoms with van der Waals surface area (Å²) < 4.78 is 16.7. The van der Waals surface area contributed by atoms with Gasteiger partial charge in [0.25, 0.3) is 5.56 Å². The Morgan fingerprint density at radius 2 is 2.00 bits per heavy atom. The van der Waals surface area contributed by atoms with Crippen molar-refractivity contribution in [3.05, 3.63) is 55.5 Å². The highest BCUT2D eigenvalue weighted by Gasteiger charge is 2.29. The molecule has 0 aliphatic heterocycles. The Morgan fingerprint density at radius 3 is 2.58 bits per heavy atom. The third-order valence-corrected chi connectivity index (χ3v) is 6.64. The van der Waals surface area contributed by atoms with E-state index in [4.69, 9.17) is 0 Å². The average Bonchev–Trinajstić information content (AvgIpc) is 2.57. The van der Waals surface area contributed by atoms with Gasteiger partial charge in [-0.05, 0) is 80.2 Å². The summed E-state index contributed by atoms with van der Waals surface area (Å²) in [7, 11) is 0. The van der Waals surface area contributed by atoms with Crippen molar-refractivity contribution in [2.24, 2.45) is 0 Å². The molecule has 1 unspecified atom stereocenters. The zero-order valence-electron chi connectivity index (χ0n) is 15.3. The lowest BCUT2D eigenvalue weighted by Crippen LogP contribution is -2.41. The second-order valence-electron chi connectivity index (χ2n) is 6.89. The smallest absolute Gasteiger partial charge is 0.251 e. The topological polar surface area (TPSA) is 80.8 Å². The minimum atomic E-state index is -1.19. The van der Waals surface area contributed by atoms with E-state index in [1.807, 2.05) is 39.2 Å². The number of hydrogen-bond acceptors (Lipinski definition) is 5. The first-order valence-electron chi connectivity index (χ1n) is 8.27. The lowest BCUT2D eigenvalue weighted by Gasteiger charge is -2.28. The molecular formula is C18H24IN3O2S2. The summed E-state index contributed by atoms with van der Waals surface area (Å²) in [5.41, 5.74) is 1.69. The summed E-state index contributed by atoms with van der Waals surface area (Å²) in [6, 6.07) is 9.65. The predicted octanol–water partition coefficient (Wildman–Crippen LogP) is 3.82. The minimum Gasteiger partial charge on any atom is -0.598 e. The summed E-state index contributed by atoms with van der Waals surface area (Å²) in [5, 5.41) is 0.615. The first-order valence-corrected chi connectivity index (χ1v) is 11.7. The molecule has 0 saturated carbocycles. The highest BCUT2D eigenvalue weighted by molar-refractivity contribution is 14.1. The Balaban J connectivity index is 2.19. The number of aromatic nitrogens is 2. The maximum Gasteiger partial charge on any atom is 0.251 e. The van der Waals surface area contributed by atoms with Crippen LogP contribution < -0.4 is 10.3 Å². The molecule has 0 aliphatic carbocycles. The molecule has 2 aromatic rings. The Morgan fingerprint density at radius 1 is 1.35 bits per heavy atom. The Hall–Kier alpha value is -0.550. The Kier molecular flexibility index (Phi) is 8.02. The fourth-order valence-corrected chi connectivity index (χ4v) is 3.93. The van der Waals surface area contributed by atoms with Crippen LogP contribution in [-0.4, -0.2) is 25.5 Å². The van der Waals surface area contributed by atoms with Crippen LogP contribution in [0.5, 0.6) is 0 Å². The van der Waals surface area contributed by atoms with Gasteiger partial charge in [0.1, 0.15) is 4.75 Å². The van der Waals surface area contributed by atoms with Gasteiger partial charge in [-0.2, -0.15) is 0 Å². The SMILES string of the molecule is CSc1nc(CC[C@H](N[S+]([O-])C(C)(C)C)c2ccc(I)cc2)cc(=O)[nH]1. The van der Waals surface area contributed by atoms with Gasteiger partial charge < -0.3 is 9.54 Å². The molecule has 2 atom stereocenters. The van der Waals surface area contributed by atoms with Crippen LogP contribution in [-0.2, 0) is 17.8 Å². The van der Waals surface area contributed by atoms with Crippen molar-refractivity contribution in [1.82, 2.24) is 14.7 Å². The van der Waals surface area contributed by atoms with Gasteiger partial charge in [-0.1, -0.05) is 23.9 Å². The number of H-pyrrole nitrogens is 1. The van der Waals surface area contributed by atoms with Crippen LogP contribution in [0.2, 0.25) is 0 Å². The first kappa shape index (κ1) is 21.7. The number of rotatable bonds is 7. The lowest BCUT2D eigenvalue weighted by atomic mass is 10.0. The molecule has 0 amide bonds. The second-order valence-corrected chi connectivity index (χ2v) is 10.9. The third kappa shape index (κ3) is 6.56. The number of hydrogen-bond donors (Lipinski definition) is 2. The fourth-order valence-electron chi connectivity index (χ4n) is 2.30. The standard InChI is InChI=1S/C18H24IN3O2S2/c1-18(2,3)26(24)22-15(12-5-7-13(19)8-6-12)10-9-14-11-16(23)21-17(20-14)25-4/h5-8,11,15,22H,9-10H2,1-4H3,(H,20,21,23)/t15-,26?/m0/s1. The molecule has 8 heteroatoms. The van der Waals surface area contributed by atoms with Gasteiger partial charge in [-0.3, -0.25) is 4.79 Å². The summed E-state index contributed by atoms with van der Waals surface area (Å²) in [6.07, 6.45) is 3.21. The molecule has 142 valence electrons. The molecule has 0 bridgehead atoms. The fraction of sp³-hybridized carbons (Fsp3) is 0.444. The van der Waals surface area contributed by atoms with E-state index in [9.17, 15) is 9.35 Å². The van der Waals surface area contributed by atoms with Crippen LogP contribution in [0.4, 0.5) is 0 Å². The number of aryl methyl sites for hydroxylation is 1. The van der Waals surface area contributed by atoms with Crippen LogP contribution >= 0.6 is 34.4 Å². The molecule has 0 saturated heterocycles. The second kappa shape index (κ2) is 9.59. The van der Waals surface area contributed by atoms with Gasteiger partial charge in [0.15, 0.2) is 5.16 Å². The Bertz CT molecular complexity index is 775. The molecule has 1 aromatic heterocycles. The highest BCUT2D eigenvalue weighted by Crippen LogP contribution is 2.24. The summed E-state index contributed by atoms with van der Waals surface area (Å²) in [4.78, 5) is 18.9. The maximum atomic E-state index is 12.6. The largest absolute Gasteiger partial charge is 0.598 e. The van der Waals surface area contributed by atoms with Gasteiger partial charge in [-0.25, -0.2) is 4.98 Å². The monoisotopic (exact) mass is 505 g/mol. The molecule has 0 fully saturated rings. The van der Waals surface area contributed by atoms with Crippen LogP contribution in [0.15, 0.2) is 40.3 Å². The van der Waals surface area contributed by atoms with Crippen molar-refractivity contribution in [3.63, 3.8) is 0 Å². The highest BCUT2D eigenvalue weighted by atomic mass is 127. The molecule has 2 rings (SSSR count). The average molecular weight is 505 g/mol. The molecule has 0 radical (unpaired) electrons. The summed E-state index contributed by atoms with van der Waals surface area (Å²) in [5.74, 6) is 0. The van der Waals surface area contributed by atoms with Crippen LogP contribution in [0.25, 0.3) is 0 Å². The van der Waals surface area contributed by atoms with Gasteiger partial charge in [-0.15, -0.1) is 4.72 Å². The van der Waals surface area contributed by atoms with Crippen molar-refractivity contribution >= 4 is 45.7 Å². The normalized spacial score (nSPS) is 14.2. The van der Waals surface area contributed by atoms with Crippen molar-refractivity contribution in [2.45, 2.75) is 49.6 Å². The quantitative estimate of drug-likeness (QED) is 0.259. The van der Waals surface area contributed by atoms with Crippen LogP contribution in [0.3, 0.4) is 0 Å². The van der Waals surface area contributed by atoms with Crippen LogP contribution in [0.1, 0.15) is 44.5 Å². The third-order valence-electron chi connectivity index (χ3n) is 3.73. The molecule has 2 N–H and O–H groups in total. The number of nitrogens with zero attached hydrogens (tertiary/aromatic N) is 1. The van der Waals surface area contributed by atoms with Crippen LogP contribution in [0, 0.1) is 3.57 Å². The zero-order chi connectivity index (χ0) is 19.3. The van der Waals surface area contributed by atoms with E-state index in [1.54, 1.807) is 0 Å². The minimum absolute atomic E-state index is 0.0779. The summed E-state index contributed by atoms with van der Waals surface area (Å²) in [6.45, 7) is 5.85. The van der Waals surface area contributed by atoms with Crippen molar-refractivity contribution in [3.8, 4) is 0 Å². The van der Waals surface area contributed by atoms with Gasteiger partial charge in [0.2, 0.25) is 0 Å². The van der Waals surface area contributed by atoms with E-state index in [-0.39, 0.29) is 16.3 Å². The molecule has 1 heterocycles. The maximum absolute atomic E-state index is 12.6. The number of nitrogens with one attached hydrogen (secondary N) is 2. The van der Waals surface area contributed by atoms with E-state index < -0.39 is 11.4 Å². The molecule has 0 spiro atoms. The zero-order valence-corrected chi connectivity index (χ0v) is 19.1. The molecule has 0 aliphatic rings. The van der Waals surface area contributed by atoms with Gasteiger partial charge in [0.05, 0.1) is 6.04 Å².